The number of hydrogen-bond donors (Lipinski definition) is 1. The van der Waals surface area contributed by atoms with Crippen molar-refractivity contribution in [3.8, 4) is 0 Å². The molecule has 0 aromatic heterocycles. The Labute approximate surface area is 150 Å². The topological polar surface area (TPSA) is 57.6 Å². The van der Waals surface area contributed by atoms with Gasteiger partial charge in [0.25, 0.3) is 10.1 Å². The van der Waals surface area contributed by atoms with Crippen LogP contribution in [0.15, 0.2) is 53.4 Å². The van der Waals surface area contributed by atoms with E-state index in [1.165, 1.54) is 56.6 Å². The number of anilines is 1. The van der Waals surface area contributed by atoms with Crippen LogP contribution in [0.1, 0.15) is 42.7 Å². The predicted molar refractivity (Wildman–Crippen MR) is 101 cm³/mol. The number of aryl methyl sites for hydroxylation is 1. The van der Waals surface area contributed by atoms with Crippen LogP contribution in [-0.2, 0) is 10.1 Å². The van der Waals surface area contributed by atoms with Crippen molar-refractivity contribution in [1.82, 2.24) is 0 Å². The minimum absolute atomic E-state index is 0.0666. The van der Waals surface area contributed by atoms with Gasteiger partial charge in [-0.2, -0.15) is 8.42 Å². The van der Waals surface area contributed by atoms with Gasteiger partial charge in [0.1, 0.15) is 0 Å². The maximum atomic E-state index is 10.5. The van der Waals surface area contributed by atoms with Gasteiger partial charge in [-0.3, -0.25) is 4.55 Å². The van der Waals surface area contributed by atoms with Crippen molar-refractivity contribution in [3.05, 3.63) is 59.7 Å². The Bertz CT molecular complexity index is 757. The second-order valence-electron chi connectivity index (χ2n) is 6.85. The van der Waals surface area contributed by atoms with Crippen LogP contribution < -0.4 is 4.90 Å². The molecular formula is C20H25NO3S. The zero-order chi connectivity index (χ0) is 17.9. The van der Waals surface area contributed by atoms with Gasteiger partial charge in [0, 0.05) is 18.8 Å². The molecule has 0 unspecified atom stereocenters. The summed E-state index contributed by atoms with van der Waals surface area (Å²) in [5, 5.41) is 0. The van der Waals surface area contributed by atoms with E-state index >= 15 is 0 Å². The Kier molecular flexibility index (Phi) is 5.45. The molecule has 134 valence electrons. The van der Waals surface area contributed by atoms with Crippen LogP contribution in [0.25, 0.3) is 0 Å². The number of nitrogens with zero attached hydrogens (tertiary/aromatic N) is 1. The van der Waals surface area contributed by atoms with E-state index in [0.717, 1.165) is 11.5 Å². The second kappa shape index (κ2) is 7.58. The van der Waals surface area contributed by atoms with E-state index in [0.29, 0.717) is 0 Å². The molecular weight excluding hydrogens is 334 g/mol. The third kappa shape index (κ3) is 4.61. The summed E-state index contributed by atoms with van der Waals surface area (Å²) < 4.78 is 29.6. The second-order valence-corrected chi connectivity index (χ2v) is 8.27. The van der Waals surface area contributed by atoms with Crippen molar-refractivity contribution in [3.63, 3.8) is 0 Å². The SMILES string of the molecule is Cc1ccc(S(=O)(=O)O)cc1.c1cc(N2CCC2)ccc1C1CCC1. The molecule has 1 heterocycles. The van der Waals surface area contributed by atoms with Gasteiger partial charge in [0.05, 0.1) is 4.90 Å². The third-order valence-corrected chi connectivity index (χ3v) is 5.88. The van der Waals surface area contributed by atoms with Crippen LogP contribution in [0, 0.1) is 6.92 Å². The van der Waals surface area contributed by atoms with Crippen LogP contribution in [-0.4, -0.2) is 26.1 Å². The number of hydrogen-bond acceptors (Lipinski definition) is 3. The van der Waals surface area contributed by atoms with Crippen LogP contribution in [0.3, 0.4) is 0 Å². The zero-order valence-corrected chi connectivity index (χ0v) is 15.4. The molecule has 5 heteroatoms. The Balaban J connectivity index is 0.000000151. The minimum Gasteiger partial charge on any atom is -0.371 e. The first-order valence-corrected chi connectivity index (χ1v) is 10.3. The highest BCUT2D eigenvalue weighted by molar-refractivity contribution is 7.85. The monoisotopic (exact) mass is 359 g/mol. The van der Waals surface area contributed by atoms with E-state index < -0.39 is 10.1 Å². The summed E-state index contributed by atoms with van der Waals surface area (Å²) >= 11 is 0. The fraction of sp³-hybridized carbons (Fsp3) is 0.400. The Morgan fingerprint density at radius 2 is 1.52 bits per heavy atom. The van der Waals surface area contributed by atoms with E-state index in [1.807, 2.05) is 6.92 Å². The third-order valence-electron chi connectivity index (χ3n) is 5.01. The molecule has 2 aromatic carbocycles. The van der Waals surface area contributed by atoms with Gasteiger partial charge in [0.2, 0.25) is 0 Å². The van der Waals surface area contributed by atoms with Crippen LogP contribution >= 0.6 is 0 Å². The van der Waals surface area contributed by atoms with Gasteiger partial charge in [0.15, 0.2) is 0 Å². The lowest BCUT2D eigenvalue weighted by Crippen LogP contribution is -2.36. The zero-order valence-electron chi connectivity index (χ0n) is 14.6. The molecule has 4 nitrogen and oxygen atoms in total. The quantitative estimate of drug-likeness (QED) is 0.825. The molecule has 1 saturated heterocycles. The highest BCUT2D eigenvalue weighted by Gasteiger charge is 2.20. The maximum Gasteiger partial charge on any atom is 0.294 e. The van der Waals surface area contributed by atoms with Crippen LogP contribution in [0.2, 0.25) is 0 Å². The summed E-state index contributed by atoms with van der Waals surface area (Å²) in [6, 6.07) is 15.2. The molecule has 1 aliphatic heterocycles. The molecule has 1 N–H and O–H groups in total. The smallest absolute Gasteiger partial charge is 0.294 e. The Hall–Kier alpha value is -1.85. The summed E-state index contributed by atoms with van der Waals surface area (Å²) in [6.07, 6.45) is 5.61. The van der Waals surface area contributed by atoms with Crippen molar-refractivity contribution in [2.24, 2.45) is 0 Å². The van der Waals surface area contributed by atoms with Gasteiger partial charge in [-0.25, -0.2) is 0 Å². The average Bonchev–Trinajstić information content (AvgIpc) is 2.46. The summed E-state index contributed by atoms with van der Waals surface area (Å²) in [5.41, 5.74) is 3.93. The lowest BCUT2D eigenvalue weighted by atomic mass is 9.80. The molecule has 2 aromatic rings. The van der Waals surface area contributed by atoms with E-state index in [9.17, 15) is 8.42 Å². The molecule has 0 radical (unpaired) electrons. The lowest BCUT2D eigenvalue weighted by Gasteiger charge is -2.34. The first-order chi connectivity index (χ1) is 11.9. The van der Waals surface area contributed by atoms with Crippen molar-refractivity contribution in [1.29, 1.82) is 0 Å². The number of benzene rings is 2. The lowest BCUT2D eigenvalue weighted by molar-refractivity contribution is 0.420. The van der Waals surface area contributed by atoms with E-state index in [4.69, 9.17) is 4.55 Å². The van der Waals surface area contributed by atoms with Crippen molar-refractivity contribution >= 4 is 15.8 Å². The summed E-state index contributed by atoms with van der Waals surface area (Å²) in [6.45, 7) is 4.35. The Morgan fingerprint density at radius 1 is 0.920 bits per heavy atom. The molecule has 2 fully saturated rings. The summed E-state index contributed by atoms with van der Waals surface area (Å²) in [4.78, 5) is 2.38. The van der Waals surface area contributed by atoms with Gasteiger partial charge >= 0.3 is 0 Å². The van der Waals surface area contributed by atoms with Gasteiger partial charge < -0.3 is 4.90 Å². The first-order valence-electron chi connectivity index (χ1n) is 8.82. The maximum absolute atomic E-state index is 10.5. The molecule has 1 aliphatic carbocycles. The Morgan fingerprint density at radius 3 is 1.92 bits per heavy atom. The van der Waals surface area contributed by atoms with Crippen LogP contribution in [0.5, 0.6) is 0 Å². The summed E-state index contributed by atoms with van der Waals surface area (Å²) in [5.74, 6) is 0.875. The van der Waals surface area contributed by atoms with E-state index in [-0.39, 0.29) is 4.90 Å². The minimum atomic E-state index is -4.02. The first kappa shape index (κ1) is 18.0. The van der Waals surface area contributed by atoms with Gasteiger partial charge in [-0.1, -0.05) is 36.2 Å². The average molecular weight is 359 g/mol. The molecule has 25 heavy (non-hydrogen) atoms. The van der Waals surface area contributed by atoms with Crippen molar-refractivity contribution in [2.75, 3.05) is 18.0 Å². The fourth-order valence-corrected chi connectivity index (χ4v) is 3.46. The molecule has 0 bridgehead atoms. The predicted octanol–water partition coefficient (Wildman–Crippen LogP) is 4.41. The highest BCUT2D eigenvalue weighted by Crippen LogP contribution is 2.37. The molecule has 0 amide bonds. The van der Waals surface area contributed by atoms with Crippen molar-refractivity contribution in [2.45, 2.75) is 43.4 Å². The largest absolute Gasteiger partial charge is 0.371 e. The van der Waals surface area contributed by atoms with Crippen LogP contribution in [0.4, 0.5) is 5.69 Å². The van der Waals surface area contributed by atoms with E-state index in [1.54, 1.807) is 17.7 Å². The van der Waals surface area contributed by atoms with Gasteiger partial charge in [-0.15, -0.1) is 0 Å². The number of rotatable bonds is 3. The molecule has 1 saturated carbocycles. The summed E-state index contributed by atoms with van der Waals surface area (Å²) in [7, 11) is -4.02. The molecule has 4 rings (SSSR count). The standard InChI is InChI=1S/C13H17N.C7H8O3S/c1-3-11(4-1)12-5-7-13(8-6-12)14-9-2-10-14;1-6-2-4-7(5-3-6)11(8,9)10/h5-8,11H,1-4,9-10H2;2-5H,1H3,(H,8,9,10). The van der Waals surface area contributed by atoms with Gasteiger partial charge in [-0.05, 0) is 61.9 Å². The van der Waals surface area contributed by atoms with E-state index in [2.05, 4.69) is 29.2 Å². The fourth-order valence-electron chi connectivity index (χ4n) is 2.98. The molecule has 0 atom stereocenters. The van der Waals surface area contributed by atoms with Crippen molar-refractivity contribution < 1.29 is 13.0 Å². The normalized spacial score (nSPS) is 17.1. The molecule has 0 spiro atoms. The molecule has 2 aliphatic rings. The highest BCUT2D eigenvalue weighted by atomic mass is 32.2.